The minimum Gasteiger partial charge on any atom is -0.460 e. The second kappa shape index (κ2) is 15.2. The molecule has 1 saturated heterocycles. The van der Waals surface area contributed by atoms with Crippen LogP contribution in [0, 0.1) is 5.92 Å². The lowest BCUT2D eigenvalue weighted by Crippen LogP contribution is -2.51. The molecule has 3 N–H and O–H groups in total. The number of carbonyl (C=O) groups excluding carboxylic acids is 5. The molecule has 0 aliphatic carbocycles. The van der Waals surface area contributed by atoms with Crippen LogP contribution in [0.1, 0.15) is 25.8 Å². The Morgan fingerprint density at radius 1 is 1.00 bits per heavy atom. The Balaban J connectivity index is 2.03. The van der Waals surface area contributed by atoms with Crippen LogP contribution >= 0.6 is 0 Å². The predicted octanol–water partition coefficient (Wildman–Crippen LogP) is 1.10. The maximum absolute atomic E-state index is 13.1. The normalized spacial score (nSPS) is 15.4. The number of rotatable bonds is 15. The van der Waals surface area contributed by atoms with Gasteiger partial charge in [0.25, 0.3) is 0 Å². The molecule has 1 heterocycles. The van der Waals surface area contributed by atoms with Crippen molar-refractivity contribution >= 4 is 29.8 Å². The van der Waals surface area contributed by atoms with Gasteiger partial charge in [0.15, 0.2) is 0 Å². The Bertz CT molecular complexity index is 1010. The molecule has 11 nitrogen and oxygen atoms in total. The average Bonchev–Trinajstić information content (AvgIpc) is 3.69. The fourth-order valence-corrected chi connectivity index (χ4v) is 3.63. The van der Waals surface area contributed by atoms with E-state index in [9.17, 15) is 24.0 Å². The summed E-state index contributed by atoms with van der Waals surface area (Å²) in [6.07, 6.45) is 2.60. The van der Waals surface area contributed by atoms with Crippen LogP contribution in [-0.4, -0.2) is 79.1 Å². The van der Waals surface area contributed by atoms with Gasteiger partial charge in [0.1, 0.15) is 37.9 Å². The van der Waals surface area contributed by atoms with Crippen molar-refractivity contribution in [2.45, 2.75) is 44.8 Å². The van der Waals surface area contributed by atoms with Gasteiger partial charge in [-0.15, -0.1) is 0 Å². The van der Waals surface area contributed by atoms with E-state index in [1.807, 2.05) is 44.2 Å². The second-order valence-electron chi connectivity index (χ2n) is 9.16. The minimum atomic E-state index is -0.992. The molecular formula is C27H36N4O7. The molecule has 4 amide bonds. The zero-order valence-electron chi connectivity index (χ0n) is 21.8. The van der Waals surface area contributed by atoms with Crippen molar-refractivity contribution in [2.24, 2.45) is 5.92 Å². The van der Waals surface area contributed by atoms with Gasteiger partial charge in [0.2, 0.25) is 17.7 Å². The van der Waals surface area contributed by atoms with Gasteiger partial charge in [0, 0.05) is 6.42 Å². The number of carbonyl (C=O) groups is 5. The zero-order chi connectivity index (χ0) is 28.1. The molecule has 0 bridgehead atoms. The van der Waals surface area contributed by atoms with Crippen LogP contribution < -0.4 is 16.0 Å². The Hall–Kier alpha value is -4.15. The number of amides is 4. The Labute approximate surface area is 222 Å². The SMILES string of the molecule is C=CCOC(=O)CNC(=O)[C@H](Cc1ccccc1)NC(=O)C1CN1C(=O)[C@H](CC(C)C)NC(=O)OCC=C. The van der Waals surface area contributed by atoms with E-state index in [2.05, 4.69) is 29.1 Å². The summed E-state index contributed by atoms with van der Waals surface area (Å²) in [7, 11) is 0. The Kier molecular flexibility index (Phi) is 12.0. The third-order valence-corrected chi connectivity index (χ3v) is 5.51. The molecule has 0 saturated carbocycles. The van der Waals surface area contributed by atoms with Gasteiger partial charge >= 0.3 is 12.1 Å². The molecule has 2 rings (SSSR count). The van der Waals surface area contributed by atoms with Crippen molar-refractivity contribution in [3.05, 3.63) is 61.2 Å². The molecule has 3 atom stereocenters. The molecule has 0 radical (unpaired) electrons. The third kappa shape index (κ3) is 10.1. The maximum Gasteiger partial charge on any atom is 0.408 e. The highest BCUT2D eigenvalue weighted by atomic mass is 16.5. The van der Waals surface area contributed by atoms with Gasteiger partial charge in [-0.05, 0) is 17.9 Å². The monoisotopic (exact) mass is 528 g/mol. The second-order valence-corrected chi connectivity index (χ2v) is 9.16. The van der Waals surface area contributed by atoms with Crippen molar-refractivity contribution in [3.63, 3.8) is 0 Å². The van der Waals surface area contributed by atoms with Gasteiger partial charge in [-0.25, -0.2) is 4.79 Å². The van der Waals surface area contributed by atoms with Crippen LogP contribution in [0.25, 0.3) is 0 Å². The summed E-state index contributed by atoms with van der Waals surface area (Å²) in [4.78, 5) is 64.0. The average molecular weight is 529 g/mol. The molecule has 1 aromatic rings. The molecule has 11 heteroatoms. The van der Waals surface area contributed by atoms with E-state index in [4.69, 9.17) is 9.47 Å². The molecule has 1 aliphatic heterocycles. The van der Waals surface area contributed by atoms with Crippen molar-refractivity contribution < 1.29 is 33.4 Å². The van der Waals surface area contributed by atoms with E-state index in [0.29, 0.717) is 6.42 Å². The number of nitrogens with zero attached hydrogens (tertiary/aromatic N) is 1. The molecule has 0 spiro atoms. The molecule has 1 aliphatic rings. The molecule has 206 valence electrons. The Morgan fingerprint density at radius 2 is 1.66 bits per heavy atom. The van der Waals surface area contributed by atoms with E-state index < -0.39 is 47.9 Å². The first-order chi connectivity index (χ1) is 18.2. The quantitative estimate of drug-likeness (QED) is 0.176. The van der Waals surface area contributed by atoms with E-state index in [1.165, 1.54) is 17.1 Å². The molecular weight excluding hydrogens is 492 g/mol. The highest BCUT2D eigenvalue weighted by molar-refractivity contribution is 5.97. The van der Waals surface area contributed by atoms with E-state index in [1.54, 1.807) is 0 Å². The predicted molar refractivity (Wildman–Crippen MR) is 140 cm³/mol. The van der Waals surface area contributed by atoms with Gasteiger partial charge in [-0.3, -0.25) is 19.2 Å². The minimum absolute atomic E-state index is 0.0000125. The standard InChI is InChI=1S/C27H36N4O7/c1-5-12-37-23(32)16-28-24(33)20(15-19-10-8-7-9-11-19)29-25(34)22-17-31(22)26(35)21(14-18(3)4)30-27(36)38-13-6-2/h5-11,18,20-22H,1-2,12-17H2,3-4H3,(H,28,33)(H,29,34)(H,30,36)/t20-,21-,22?,31?/m0/s1. The highest BCUT2D eigenvalue weighted by Crippen LogP contribution is 2.22. The lowest BCUT2D eigenvalue weighted by molar-refractivity contribution is -0.143. The van der Waals surface area contributed by atoms with Crippen LogP contribution in [0.2, 0.25) is 0 Å². The van der Waals surface area contributed by atoms with Crippen molar-refractivity contribution in [1.82, 2.24) is 20.9 Å². The van der Waals surface area contributed by atoms with E-state index in [-0.39, 0.29) is 38.6 Å². The fraction of sp³-hybridized carbons (Fsp3) is 0.444. The summed E-state index contributed by atoms with van der Waals surface area (Å²) >= 11 is 0. The Morgan fingerprint density at radius 3 is 2.29 bits per heavy atom. The molecule has 1 fully saturated rings. The van der Waals surface area contributed by atoms with Crippen LogP contribution in [0.5, 0.6) is 0 Å². The van der Waals surface area contributed by atoms with Crippen molar-refractivity contribution in [2.75, 3.05) is 26.3 Å². The topological polar surface area (TPSA) is 143 Å². The summed E-state index contributed by atoms with van der Waals surface area (Å²) < 4.78 is 9.79. The number of benzene rings is 1. The van der Waals surface area contributed by atoms with Crippen molar-refractivity contribution in [3.8, 4) is 0 Å². The van der Waals surface area contributed by atoms with Gasteiger partial charge in [-0.1, -0.05) is 69.5 Å². The smallest absolute Gasteiger partial charge is 0.408 e. The van der Waals surface area contributed by atoms with Gasteiger partial charge in [-0.2, -0.15) is 0 Å². The van der Waals surface area contributed by atoms with Crippen LogP contribution in [0.3, 0.4) is 0 Å². The molecule has 0 aromatic heterocycles. The summed E-state index contributed by atoms with van der Waals surface area (Å²) in [5, 5.41) is 7.72. The number of ether oxygens (including phenoxy) is 2. The molecule has 1 unspecified atom stereocenters. The number of hydrogen-bond acceptors (Lipinski definition) is 7. The molecule has 1 aromatic carbocycles. The summed E-state index contributed by atoms with van der Waals surface area (Å²) in [6, 6.07) is 6.42. The fourth-order valence-electron chi connectivity index (χ4n) is 3.63. The van der Waals surface area contributed by atoms with E-state index in [0.717, 1.165) is 5.56 Å². The summed E-state index contributed by atoms with van der Waals surface area (Å²) in [5.74, 6) is -2.05. The summed E-state index contributed by atoms with van der Waals surface area (Å²) in [5.41, 5.74) is 0.796. The zero-order valence-corrected chi connectivity index (χ0v) is 21.8. The number of nitrogens with one attached hydrogen (secondary N) is 3. The van der Waals surface area contributed by atoms with Crippen LogP contribution in [-0.2, 0) is 35.1 Å². The first-order valence-electron chi connectivity index (χ1n) is 12.4. The largest absolute Gasteiger partial charge is 0.460 e. The first-order valence-corrected chi connectivity index (χ1v) is 12.4. The number of hydrogen-bond donors (Lipinski definition) is 3. The third-order valence-electron chi connectivity index (χ3n) is 5.51. The van der Waals surface area contributed by atoms with Crippen molar-refractivity contribution in [1.29, 1.82) is 0 Å². The highest BCUT2D eigenvalue weighted by Gasteiger charge is 2.47. The summed E-state index contributed by atoms with van der Waals surface area (Å²) in [6.45, 7) is 10.5. The van der Waals surface area contributed by atoms with Crippen LogP contribution in [0.15, 0.2) is 55.6 Å². The van der Waals surface area contributed by atoms with Crippen LogP contribution in [0.4, 0.5) is 4.79 Å². The lowest BCUT2D eigenvalue weighted by atomic mass is 10.0. The molecule has 38 heavy (non-hydrogen) atoms. The van der Waals surface area contributed by atoms with E-state index >= 15 is 0 Å². The maximum atomic E-state index is 13.1. The van der Waals surface area contributed by atoms with Gasteiger partial charge < -0.3 is 30.3 Å². The lowest BCUT2D eigenvalue weighted by Gasteiger charge is -2.21. The van der Waals surface area contributed by atoms with Gasteiger partial charge in [0.05, 0.1) is 6.54 Å². The number of esters is 1. The first kappa shape index (κ1) is 30.1. The number of alkyl carbamates (subject to hydrolysis) is 1.